The van der Waals surface area contributed by atoms with E-state index in [1.165, 1.54) is 0 Å². The van der Waals surface area contributed by atoms with Gasteiger partial charge in [-0.1, -0.05) is 23.7 Å². The Labute approximate surface area is 137 Å². The van der Waals surface area contributed by atoms with Crippen LogP contribution in [0.3, 0.4) is 0 Å². The molecule has 3 rings (SSSR count). The lowest BCUT2D eigenvalue weighted by atomic mass is 10.1. The minimum atomic E-state index is -0.0543. The third kappa shape index (κ3) is 3.72. The fraction of sp³-hybridized carbons (Fsp3) is 0.0588. The van der Waals surface area contributed by atoms with Crippen molar-refractivity contribution in [2.75, 3.05) is 5.32 Å². The Morgan fingerprint density at radius 2 is 2.00 bits per heavy atom. The zero-order chi connectivity index (χ0) is 15.4. The van der Waals surface area contributed by atoms with Crippen molar-refractivity contribution in [3.05, 3.63) is 70.8 Å². The molecule has 2 heterocycles. The number of pyridine rings is 1. The molecule has 3 nitrogen and oxygen atoms in total. The summed E-state index contributed by atoms with van der Waals surface area (Å²) in [6.45, 7) is 0. The molecule has 0 aliphatic carbocycles. The van der Waals surface area contributed by atoms with E-state index in [1.54, 1.807) is 35.9 Å². The van der Waals surface area contributed by atoms with Gasteiger partial charge in [0.2, 0.25) is 5.91 Å². The van der Waals surface area contributed by atoms with Crippen LogP contribution in [0.2, 0.25) is 5.02 Å². The van der Waals surface area contributed by atoms with Gasteiger partial charge in [-0.25, -0.2) is 0 Å². The second kappa shape index (κ2) is 6.73. The van der Waals surface area contributed by atoms with Crippen LogP contribution in [0.4, 0.5) is 5.69 Å². The van der Waals surface area contributed by atoms with Crippen molar-refractivity contribution < 1.29 is 4.79 Å². The standard InChI is InChI=1S/C17H13ClN2OS/c18-14-3-1-2-12(8-14)9-17(21)20-15-10-16(22-11-15)13-4-6-19-7-5-13/h1-8,10-11H,9H2,(H,20,21). The van der Waals surface area contributed by atoms with Gasteiger partial charge in [0.1, 0.15) is 0 Å². The number of amides is 1. The number of aromatic nitrogens is 1. The third-order valence-electron chi connectivity index (χ3n) is 3.10. The van der Waals surface area contributed by atoms with Gasteiger partial charge in [-0.3, -0.25) is 9.78 Å². The third-order valence-corrected chi connectivity index (χ3v) is 4.32. The largest absolute Gasteiger partial charge is 0.325 e. The highest BCUT2D eigenvalue weighted by molar-refractivity contribution is 7.14. The summed E-state index contributed by atoms with van der Waals surface area (Å²) in [6, 6.07) is 13.2. The average molecular weight is 329 g/mol. The first kappa shape index (κ1) is 14.8. The Kier molecular flexibility index (Phi) is 4.51. The first-order chi connectivity index (χ1) is 10.7. The SMILES string of the molecule is O=C(Cc1cccc(Cl)c1)Nc1csc(-c2ccncc2)c1. The lowest BCUT2D eigenvalue weighted by molar-refractivity contribution is -0.115. The van der Waals surface area contributed by atoms with Gasteiger partial charge in [0.15, 0.2) is 0 Å². The first-order valence-electron chi connectivity index (χ1n) is 6.74. The Hall–Kier alpha value is -2.17. The molecule has 0 saturated carbocycles. The second-order valence-electron chi connectivity index (χ2n) is 4.79. The summed E-state index contributed by atoms with van der Waals surface area (Å²) in [5, 5.41) is 5.49. The highest BCUT2D eigenvalue weighted by atomic mass is 35.5. The molecule has 0 atom stereocenters. The molecule has 0 saturated heterocycles. The average Bonchev–Trinajstić information content (AvgIpc) is 2.96. The lowest BCUT2D eigenvalue weighted by Gasteiger charge is -2.03. The summed E-state index contributed by atoms with van der Waals surface area (Å²) in [5.74, 6) is -0.0543. The van der Waals surface area contributed by atoms with Crippen LogP contribution >= 0.6 is 22.9 Å². The summed E-state index contributed by atoms with van der Waals surface area (Å²) in [4.78, 5) is 17.2. The molecule has 0 unspecified atom stereocenters. The summed E-state index contributed by atoms with van der Waals surface area (Å²) in [5.41, 5.74) is 2.80. The molecule has 0 fully saturated rings. The molecular formula is C17H13ClN2OS. The van der Waals surface area contributed by atoms with Crippen LogP contribution in [0.15, 0.2) is 60.2 Å². The van der Waals surface area contributed by atoms with E-state index in [4.69, 9.17) is 11.6 Å². The van der Waals surface area contributed by atoms with Gasteiger partial charge in [0.25, 0.3) is 0 Å². The van der Waals surface area contributed by atoms with Crippen molar-refractivity contribution in [2.24, 2.45) is 0 Å². The van der Waals surface area contributed by atoms with Crippen LogP contribution in [-0.2, 0) is 11.2 Å². The molecular weight excluding hydrogens is 316 g/mol. The van der Waals surface area contributed by atoms with Crippen LogP contribution in [0.1, 0.15) is 5.56 Å². The molecule has 2 aromatic heterocycles. The Morgan fingerprint density at radius 1 is 1.18 bits per heavy atom. The maximum atomic E-state index is 12.1. The van der Waals surface area contributed by atoms with Gasteiger partial charge in [-0.15, -0.1) is 11.3 Å². The van der Waals surface area contributed by atoms with Crippen molar-refractivity contribution in [2.45, 2.75) is 6.42 Å². The molecule has 1 aromatic carbocycles. The molecule has 0 aliphatic heterocycles. The van der Waals surface area contributed by atoms with Gasteiger partial charge in [-0.2, -0.15) is 0 Å². The molecule has 0 radical (unpaired) electrons. The van der Waals surface area contributed by atoms with E-state index in [9.17, 15) is 4.79 Å². The summed E-state index contributed by atoms with van der Waals surface area (Å²) < 4.78 is 0. The molecule has 110 valence electrons. The Balaban J connectivity index is 1.66. The Bertz CT molecular complexity index is 786. The van der Waals surface area contributed by atoms with E-state index in [0.717, 1.165) is 21.7 Å². The number of carbonyl (C=O) groups is 1. The second-order valence-corrected chi connectivity index (χ2v) is 6.14. The number of carbonyl (C=O) groups excluding carboxylic acids is 1. The predicted octanol–water partition coefficient (Wildman–Crippen LogP) is 4.64. The van der Waals surface area contributed by atoms with Gasteiger partial charge in [0, 0.05) is 27.7 Å². The minimum absolute atomic E-state index is 0.0543. The highest BCUT2D eigenvalue weighted by Gasteiger charge is 2.07. The first-order valence-corrected chi connectivity index (χ1v) is 8.00. The fourth-order valence-electron chi connectivity index (χ4n) is 2.11. The molecule has 0 spiro atoms. The number of benzene rings is 1. The molecule has 0 aliphatic rings. The molecule has 3 aromatic rings. The van der Waals surface area contributed by atoms with Gasteiger partial charge < -0.3 is 5.32 Å². The van der Waals surface area contributed by atoms with Crippen LogP contribution in [0.25, 0.3) is 10.4 Å². The van der Waals surface area contributed by atoms with Crippen molar-refractivity contribution in [3.63, 3.8) is 0 Å². The Morgan fingerprint density at radius 3 is 2.77 bits per heavy atom. The van der Waals surface area contributed by atoms with Crippen LogP contribution < -0.4 is 5.32 Å². The summed E-state index contributed by atoms with van der Waals surface area (Å²) >= 11 is 7.51. The van der Waals surface area contributed by atoms with E-state index in [2.05, 4.69) is 10.3 Å². The van der Waals surface area contributed by atoms with Crippen molar-refractivity contribution >= 4 is 34.5 Å². The zero-order valence-electron chi connectivity index (χ0n) is 11.6. The smallest absolute Gasteiger partial charge is 0.228 e. The number of halogens is 1. The number of nitrogens with one attached hydrogen (secondary N) is 1. The molecule has 1 N–H and O–H groups in total. The minimum Gasteiger partial charge on any atom is -0.325 e. The zero-order valence-corrected chi connectivity index (χ0v) is 13.2. The normalized spacial score (nSPS) is 10.4. The van der Waals surface area contributed by atoms with E-state index in [-0.39, 0.29) is 5.91 Å². The summed E-state index contributed by atoms with van der Waals surface area (Å²) in [6.07, 6.45) is 3.82. The van der Waals surface area contributed by atoms with Crippen LogP contribution in [0, 0.1) is 0 Å². The van der Waals surface area contributed by atoms with Gasteiger partial charge >= 0.3 is 0 Å². The maximum absolute atomic E-state index is 12.1. The van der Waals surface area contributed by atoms with Crippen molar-refractivity contribution in [3.8, 4) is 10.4 Å². The van der Waals surface area contributed by atoms with Crippen molar-refractivity contribution in [1.29, 1.82) is 0 Å². The fourth-order valence-corrected chi connectivity index (χ4v) is 3.17. The molecule has 1 amide bonds. The molecule has 0 bridgehead atoms. The van der Waals surface area contributed by atoms with E-state index in [0.29, 0.717) is 11.4 Å². The molecule has 22 heavy (non-hydrogen) atoms. The van der Waals surface area contributed by atoms with E-state index < -0.39 is 0 Å². The highest BCUT2D eigenvalue weighted by Crippen LogP contribution is 2.29. The maximum Gasteiger partial charge on any atom is 0.228 e. The number of rotatable bonds is 4. The quantitative estimate of drug-likeness (QED) is 0.757. The van der Waals surface area contributed by atoms with Crippen LogP contribution in [-0.4, -0.2) is 10.9 Å². The number of thiophene rings is 1. The number of anilines is 1. The van der Waals surface area contributed by atoms with E-state index >= 15 is 0 Å². The van der Waals surface area contributed by atoms with Crippen molar-refractivity contribution in [1.82, 2.24) is 4.98 Å². The number of hydrogen-bond donors (Lipinski definition) is 1. The number of nitrogens with zero attached hydrogens (tertiary/aromatic N) is 1. The van der Waals surface area contributed by atoms with Gasteiger partial charge in [-0.05, 0) is 41.5 Å². The lowest BCUT2D eigenvalue weighted by Crippen LogP contribution is -2.13. The van der Waals surface area contributed by atoms with Gasteiger partial charge in [0.05, 0.1) is 12.1 Å². The molecule has 5 heteroatoms. The van der Waals surface area contributed by atoms with Crippen LogP contribution in [0.5, 0.6) is 0 Å². The summed E-state index contributed by atoms with van der Waals surface area (Å²) in [7, 11) is 0. The van der Waals surface area contributed by atoms with E-state index in [1.807, 2.05) is 35.7 Å². The number of hydrogen-bond acceptors (Lipinski definition) is 3. The monoisotopic (exact) mass is 328 g/mol. The predicted molar refractivity (Wildman–Crippen MR) is 91.3 cm³/mol. The topological polar surface area (TPSA) is 42.0 Å².